The van der Waals surface area contributed by atoms with Gasteiger partial charge in [-0.05, 0) is 96.2 Å². The monoisotopic (exact) mass is 579 g/mol. The molecule has 2 aromatic rings. The van der Waals surface area contributed by atoms with Crippen LogP contribution in [0.25, 0.3) is 0 Å². The fourth-order valence-electron chi connectivity index (χ4n) is 3.74. The Labute approximate surface area is 245 Å². The van der Waals surface area contributed by atoms with Crippen LogP contribution in [-0.4, -0.2) is 19.1 Å². The van der Waals surface area contributed by atoms with Crippen molar-refractivity contribution in [1.82, 2.24) is 0 Å². The van der Waals surface area contributed by atoms with E-state index in [1.165, 1.54) is 16.7 Å². The van der Waals surface area contributed by atoms with Crippen molar-refractivity contribution in [2.75, 3.05) is 18.5 Å². The van der Waals surface area contributed by atoms with E-state index in [0.29, 0.717) is 29.2 Å². The van der Waals surface area contributed by atoms with Gasteiger partial charge in [0.2, 0.25) is 0 Å². The molecule has 0 bridgehead atoms. The van der Waals surface area contributed by atoms with Crippen molar-refractivity contribution >= 4 is 19.4 Å². The molecule has 0 saturated carbocycles. The third kappa shape index (κ3) is 13.1. The minimum atomic E-state index is -3.83. The third-order valence-electron chi connectivity index (χ3n) is 5.98. The van der Waals surface area contributed by atoms with Gasteiger partial charge < -0.3 is 14.6 Å². The highest BCUT2D eigenvalue weighted by molar-refractivity contribution is 7.48. The fourth-order valence-corrected chi connectivity index (χ4v) is 4.67. The van der Waals surface area contributed by atoms with Crippen molar-refractivity contribution < 1.29 is 27.7 Å². The number of phosphoric ester groups is 1. The average Bonchev–Trinajstić information content (AvgIpc) is 2.93. The lowest BCUT2D eigenvalue weighted by molar-refractivity contribution is 0.102. The number of rotatable bonds is 17. The van der Waals surface area contributed by atoms with E-state index in [1.807, 2.05) is 12.2 Å². The van der Waals surface area contributed by atoms with Gasteiger partial charge in [0.25, 0.3) is 5.91 Å². The smallest absolute Gasteiger partial charge is 0.489 e. The average molecular weight is 580 g/mol. The molecule has 8 heteroatoms. The molecular weight excluding hydrogens is 537 g/mol. The van der Waals surface area contributed by atoms with Crippen molar-refractivity contribution in [2.45, 2.75) is 66.9 Å². The van der Waals surface area contributed by atoms with Crippen LogP contribution in [0, 0.1) is 12.5 Å². The number of nitrogens with one attached hydrogen (secondary N) is 1. The van der Waals surface area contributed by atoms with E-state index >= 15 is 0 Å². The second-order valence-corrected chi connectivity index (χ2v) is 11.4. The molecule has 0 aliphatic carbocycles. The maximum atomic E-state index is 13.0. The first-order chi connectivity index (χ1) is 19.7. The fraction of sp³-hybridized carbons (Fsp3) is 0.364. The molecule has 0 spiro atoms. The summed E-state index contributed by atoms with van der Waals surface area (Å²) in [6, 6.07) is 14.1. The molecule has 1 amide bonds. The largest absolute Gasteiger partial charge is 0.538 e. The van der Waals surface area contributed by atoms with E-state index in [4.69, 9.17) is 20.2 Å². The number of allylic oxidation sites excluding steroid dienone is 5. The molecule has 41 heavy (non-hydrogen) atoms. The lowest BCUT2D eigenvalue weighted by Crippen LogP contribution is -2.13. The van der Waals surface area contributed by atoms with Crippen LogP contribution in [0.5, 0.6) is 5.75 Å². The Hall–Kier alpha value is -3.56. The van der Waals surface area contributed by atoms with Crippen molar-refractivity contribution in [2.24, 2.45) is 0 Å². The number of phosphoric acid groups is 1. The molecule has 2 aromatic carbocycles. The van der Waals surface area contributed by atoms with Gasteiger partial charge in [0, 0.05) is 5.69 Å². The molecule has 220 valence electrons. The van der Waals surface area contributed by atoms with Crippen molar-refractivity contribution in [3.8, 4) is 18.3 Å². The summed E-state index contributed by atoms with van der Waals surface area (Å²) >= 11 is 0. The van der Waals surface area contributed by atoms with Gasteiger partial charge in [-0.25, -0.2) is 4.57 Å². The summed E-state index contributed by atoms with van der Waals surface area (Å²) in [4.78, 5) is 13.0. The summed E-state index contributed by atoms with van der Waals surface area (Å²) < 4.78 is 33.2. The Balaban J connectivity index is 1.89. The molecule has 0 saturated heterocycles. The van der Waals surface area contributed by atoms with E-state index in [2.05, 4.69) is 55.8 Å². The predicted octanol–water partition coefficient (Wildman–Crippen LogP) is 9.01. The van der Waals surface area contributed by atoms with Gasteiger partial charge in [-0.2, -0.15) is 0 Å². The van der Waals surface area contributed by atoms with Crippen molar-refractivity contribution in [1.29, 1.82) is 0 Å². The molecular formula is C33H42NO6P. The minimum absolute atomic E-state index is 0.0387. The van der Waals surface area contributed by atoms with Gasteiger partial charge >= 0.3 is 7.82 Å². The van der Waals surface area contributed by atoms with Crippen LogP contribution >= 0.6 is 7.82 Å². The summed E-state index contributed by atoms with van der Waals surface area (Å²) in [7, 11) is -3.83. The van der Waals surface area contributed by atoms with Gasteiger partial charge in [0.1, 0.15) is 18.5 Å². The Kier molecular flexibility index (Phi) is 14.8. The van der Waals surface area contributed by atoms with Gasteiger partial charge in [-0.3, -0.25) is 13.8 Å². The van der Waals surface area contributed by atoms with Crippen LogP contribution in [0.1, 0.15) is 76.2 Å². The number of benzene rings is 2. The Morgan fingerprint density at radius 3 is 2.24 bits per heavy atom. The molecule has 7 nitrogen and oxygen atoms in total. The number of para-hydroxylation sites is 1. The van der Waals surface area contributed by atoms with E-state index in [-0.39, 0.29) is 19.1 Å². The summed E-state index contributed by atoms with van der Waals surface area (Å²) in [6.45, 7) is 10.7. The zero-order chi connectivity index (χ0) is 30.1. The van der Waals surface area contributed by atoms with Gasteiger partial charge in [0.05, 0.1) is 18.8 Å². The number of hydrogen-bond acceptors (Lipinski definition) is 6. The summed E-state index contributed by atoms with van der Waals surface area (Å²) in [5.74, 6) is 0.219. The molecule has 0 heterocycles. The molecule has 0 fully saturated rings. The lowest BCUT2D eigenvalue weighted by atomic mass is 10.1. The van der Waals surface area contributed by atoms with Crippen LogP contribution < -0.4 is 10.1 Å². The van der Waals surface area contributed by atoms with Crippen LogP contribution in [0.2, 0.25) is 0 Å². The van der Waals surface area contributed by atoms with Crippen LogP contribution in [0.15, 0.2) is 83.5 Å². The van der Waals surface area contributed by atoms with Gasteiger partial charge in [-0.15, -0.1) is 0 Å². The summed E-state index contributed by atoms with van der Waals surface area (Å²) in [5.41, 5.74) is 5.73. The zero-order valence-electron chi connectivity index (χ0n) is 24.8. The highest BCUT2D eigenvalue weighted by Gasteiger charge is 2.26. The number of carbonyl (C=O) groups is 1. The molecule has 0 aliphatic rings. The van der Waals surface area contributed by atoms with Crippen LogP contribution in [-0.2, 0) is 24.7 Å². The Morgan fingerprint density at radius 2 is 1.59 bits per heavy atom. The van der Waals surface area contributed by atoms with E-state index in [1.54, 1.807) is 49.4 Å². The van der Waals surface area contributed by atoms with Crippen molar-refractivity contribution in [3.63, 3.8) is 0 Å². The lowest BCUT2D eigenvalue weighted by Gasteiger charge is -2.14. The first-order valence-electron chi connectivity index (χ1n) is 13.8. The maximum absolute atomic E-state index is 13.0. The molecule has 1 atom stereocenters. The molecule has 0 aromatic heterocycles. The second kappa shape index (κ2) is 18.0. The first kappa shape index (κ1) is 33.6. The predicted molar refractivity (Wildman–Crippen MR) is 166 cm³/mol. The third-order valence-corrected chi connectivity index (χ3v) is 7.33. The summed E-state index contributed by atoms with van der Waals surface area (Å²) in [5, 5.41) is 2.88. The number of amides is 1. The first-order valence-corrected chi connectivity index (χ1v) is 15.2. The highest BCUT2D eigenvalue weighted by Crippen LogP contribution is 2.49. The molecule has 1 unspecified atom stereocenters. The molecule has 2 rings (SSSR count). The quantitative estimate of drug-likeness (QED) is 0.114. The second-order valence-electron chi connectivity index (χ2n) is 9.77. The van der Waals surface area contributed by atoms with E-state index < -0.39 is 7.82 Å². The molecule has 0 aliphatic heterocycles. The standard InChI is InChI=1S/C33H42NO6P/c1-7-38-41(36,39-8-2)40-25-29-19-21-30(22-20-29)34-33(35)31-17-9-10-18-32(31)37-24-23-28(6)16-12-15-27(5)14-11-13-26(3)4/h1,9-10,13,15,17-23H,8,11-12,14,16,24-25H2,2-6H3,(H,34,35). The normalized spacial score (nSPS) is 13.1. The Morgan fingerprint density at radius 1 is 0.927 bits per heavy atom. The number of anilines is 1. The van der Waals surface area contributed by atoms with Gasteiger partial charge in [0.15, 0.2) is 0 Å². The number of ether oxygens (including phenoxy) is 1. The SMILES string of the molecule is C#COP(=O)(OCC)OCc1ccc(NC(=O)c2ccccc2OCC=C(C)CCC=C(C)CCC=C(C)C)cc1. The topological polar surface area (TPSA) is 83.1 Å². The number of hydrogen-bond donors (Lipinski definition) is 1. The molecule has 1 N–H and O–H groups in total. The van der Waals surface area contributed by atoms with Crippen LogP contribution in [0.3, 0.4) is 0 Å². The Bertz CT molecular complexity index is 1300. The maximum Gasteiger partial charge on any atom is 0.538 e. The molecule has 0 radical (unpaired) electrons. The van der Waals surface area contributed by atoms with Crippen LogP contribution in [0.4, 0.5) is 5.69 Å². The van der Waals surface area contributed by atoms with Gasteiger partial charge in [-0.1, -0.05) is 59.6 Å². The van der Waals surface area contributed by atoms with E-state index in [0.717, 1.165) is 25.7 Å². The minimum Gasteiger partial charge on any atom is -0.489 e. The highest BCUT2D eigenvalue weighted by atomic mass is 31.2. The van der Waals surface area contributed by atoms with E-state index in [9.17, 15) is 9.36 Å². The van der Waals surface area contributed by atoms with Crippen molar-refractivity contribution in [3.05, 3.63) is 94.6 Å². The number of carbonyl (C=O) groups excluding carboxylic acids is 1. The number of terminal acetylenes is 1. The zero-order valence-corrected chi connectivity index (χ0v) is 25.7. The summed E-state index contributed by atoms with van der Waals surface area (Å²) in [6.07, 6.45) is 17.7.